The third-order valence-corrected chi connectivity index (χ3v) is 2.62. The lowest BCUT2D eigenvalue weighted by molar-refractivity contribution is 0.533. The topological polar surface area (TPSA) is 74.2 Å². The number of rotatable bonds is 3. The third kappa shape index (κ3) is 2.96. The third-order valence-electron chi connectivity index (χ3n) is 2.09. The van der Waals surface area contributed by atoms with E-state index in [0.29, 0.717) is 5.89 Å². The molecule has 0 aliphatic rings. The van der Waals surface area contributed by atoms with Gasteiger partial charge in [-0.15, -0.1) is 0 Å². The highest BCUT2D eigenvalue weighted by atomic mass is 79.9. The molecule has 2 aromatic rings. The van der Waals surface area contributed by atoms with Crippen molar-refractivity contribution in [1.29, 1.82) is 5.26 Å². The highest BCUT2D eigenvalue weighted by Gasteiger charge is 2.08. The van der Waals surface area contributed by atoms with E-state index in [-0.39, 0.29) is 11.6 Å². The van der Waals surface area contributed by atoms with E-state index in [1.165, 1.54) is 0 Å². The fourth-order valence-electron chi connectivity index (χ4n) is 1.29. The molecular weight excluding hydrogens is 296 g/mol. The Hall–Kier alpha value is -2.13. The van der Waals surface area contributed by atoms with E-state index >= 15 is 0 Å². The predicted molar refractivity (Wildman–Crippen MR) is 71.3 cm³/mol. The number of nitrogens with zero attached hydrogens (tertiary/aromatic N) is 3. The van der Waals surface area contributed by atoms with Crippen molar-refractivity contribution < 1.29 is 4.42 Å². The first-order valence-electron chi connectivity index (χ1n) is 5.11. The van der Waals surface area contributed by atoms with E-state index < -0.39 is 0 Å². The summed E-state index contributed by atoms with van der Waals surface area (Å²) in [6.07, 6.45) is 1.63. The molecule has 0 atom stereocenters. The molecule has 5 nitrogen and oxygen atoms in total. The van der Waals surface area contributed by atoms with Gasteiger partial charge in [0.2, 0.25) is 5.69 Å². The lowest BCUT2D eigenvalue weighted by atomic mass is 10.2. The zero-order valence-electron chi connectivity index (χ0n) is 9.51. The summed E-state index contributed by atoms with van der Waals surface area (Å²) in [7, 11) is 0. The van der Waals surface area contributed by atoms with Crippen molar-refractivity contribution in [3.8, 4) is 6.07 Å². The van der Waals surface area contributed by atoms with Crippen LogP contribution in [0.25, 0.3) is 0 Å². The number of hydrogen-bond acceptors (Lipinski definition) is 5. The number of halogens is 1. The molecule has 0 bridgehead atoms. The molecule has 1 N–H and O–H groups in total. The van der Waals surface area contributed by atoms with Crippen LogP contribution in [0.4, 0.5) is 5.88 Å². The number of oxazole rings is 1. The van der Waals surface area contributed by atoms with Gasteiger partial charge < -0.3 is 4.42 Å². The highest BCUT2D eigenvalue weighted by Crippen LogP contribution is 2.15. The molecule has 6 heteroatoms. The van der Waals surface area contributed by atoms with E-state index in [1.807, 2.05) is 30.3 Å². The molecule has 1 aromatic heterocycles. The molecule has 0 saturated heterocycles. The molecule has 18 heavy (non-hydrogen) atoms. The number of hydrazone groups is 1. The van der Waals surface area contributed by atoms with Crippen LogP contribution in [0, 0.1) is 18.3 Å². The first kappa shape index (κ1) is 12.3. The molecule has 0 aliphatic carbocycles. The van der Waals surface area contributed by atoms with Crippen molar-refractivity contribution in [2.24, 2.45) is 5.10 Å². The van der Waals surface area contributed by atoms with Crippen LogP contribution in [0.15, 0.2) is 38.3 Å². The molecule has 0 radical (unpaired) electrons. The summed E-state index contributed by atoms with van der Waals surface area (Å²) < 4.78 is 6.20. The number of hydrogen-bond donors (Lipinski definition) is 1. The zero-order valence-corrected chi connectivity index (χ0v) is 11.1. The lowest BCUT2D eigenvalue weighted by Crippen LogP contribution is -1.91. The van der Waals surface area contributed by atoms with E-state index in [9.17, 15) is 0 Å². The first-order chi connectivity index (χ1) is 8.69. The molecule has 2 rings (SSSR count). The number of anilines is 1. The second kappa shape index (κ2) is 5.47. The van der Waals surface area contributed by atoms with Crippen LogP contribution in [0.5, 0.6) is 0 Å². The zero-order chi connectivity index (χ0) is 13.0. The highest BCUT2D eigenvalue weighted by molar-refractivity contribution is 9.10. The molecule has 1 heterocycles. The summed E-state index contributed by atoms with van der Waals surface area (Å²) in [4.78, 5) is 3.90. The SMILES string of the molecule is Cc1nc(C#N)c(N/N=C/c2ccc(Br)cc2)o1. The van der Waals surface area contributed by atoms with Crippen molar-refractivity contribution in [2.75, 3.05) is 5.43 Å². The monoisotopic (exact) mass is 304 g/mol. The number of aryl methyl sites for hydroxylation is 1. The van der Waals surface area contributed by atoms with Crippen LogP contribution >= 0.6 is 15.9 Å². The summed E-state index contributed by atoms with van der Waals surface area (Å²) in [5, 5.41) is 12.8. The fraction of sp³-hybridized carbons (Fsp3) is 0.0833. The Morgan fingerprint density at radius 1 is 1.44 bits per heavy atom. The average molecular weight is 305 g/mol. The van der Waals surface area contributed by atoms with Crippen molar-refractivity contribution in [3.05, 3.63) is 45.9 Å². The maximum Gasteiger partial charge on any atom is 0.252 e. The molecule has 0 unspecified atom stereocenters. The van der Waals surface area contributed by atoms with E-state index in [0.717, 1.165) is 10.0 Å². The normalized spacial score (nSPS) is 10.5. The van der Waals surface area contributed by atoms with Crippen molar-refractivity contribution >= 4 is 28.0 Å². The van der Waals surface area contributed by atoms with Gasteiger partial charge in [-0.3, -0.25) is 0 Å². The molecule has 0 aliphatic heterocycles. The van der Waals surface area contributed by atoms with E-state index in [2.05, 4.69) is 31.4 Å². The van der Waals surface area contributed by atoms with Crippen LogP contribution in [0.3, 0.4) is 0 Å². The molecule has 0 saturated carbocycles. The van der Waals surface area contributed by atoms with Crippen LogP contribution in [0.1, 0.15) is 17.1 Å². The van der Waals surface area contributed by atoms with E-state index in [4.69, 9.17) is 9.68 Å². The van der Waals surface area contributed by atoms with Crippen LogP contribution < -0.4 is 5.43 Å². The van der Waals surface area contributed by atoms with Gasteiger partial charge in [-0.05, 0) is 17.7 Å². The minimum Gasteiger partial charge on any atom is -0.422 e. The lowest BCUT2D eigenvalue weighted by Gasteiger charge is -1.95. The molecule has 0 fully saturated rings. The Morgan fingerprint density at radius 3 is 2.83 bits per heavy atom. The maximum atomic E-state index is 8.81. The number of benzene rings is 1. The summed E-state index contributed by atoms with van der Waals surface area (Å²) in [5.74, 6) is 0.677. The van der Waals surface area contributed by atoms with E-state index in [1.54, 1.807) is 13.1 Å². The summed E-state index contributed by atoms with van der Waals surface area (Å²) in [6, 6.07) is 9.58. The van der Waals surface area contributed by atoms with Gasteiger partial charge in [-0.25, -0.2) is 10.4 Å². The Labute approximate surface area is 112 Å². The summed E-state index contributed by atoms with van der Waals surface area (Å²) >= 11 is 3.35. The van der Waals surface area contributed by atoms with Gasteiger partial charge in [0, 0.05) is 11.4 Å². The molecular formula is C12H9BrN4O. The van der Waals surface area contributed by atoms with Gasteiger partial charge in [0.1, 0.15) is 6.07 Å². The van der Waals surface area contributed by atoms with Gasteiger partial charge in [0.15, 0.2) is 5.89 Å². The Morgan fingerprint density at radius 2 is 2.17 bits per heavy atom. The van der Waals surface area contributed by atoms with Gasteiger partial charge in [0.25, 0.3) is 5.88 Å². The fourth-order valence-corrected chi connectivity index (χ4v) is 1.56. The van der Waals surface area contributed by atoms with Crippen molar-refractivity contribution in [3.63, 3.8) is 0 Å². The smallest absolute Gasteiger partial charge is 0.252 e. The van der Waals surface area contributed by atoms with Crippen molar-refractivity contribution in [2.45, 2.75) is 6.92 Å². The number of nitriles is 1. The quantitative estimate of drug-likeness (QED) is 0.698. The maximum absolute atomic E-state index is 8.81. The molecule has 90 valence electrons. The van der Waals surface area contributed by atoms with Gasteiger partial charge in [-0.2, -0.15) is 10.4 Å². The first-order valence-corrected chi connectivity index (χ1v) is 5.90. The van der Waals surface area contributed by atoms with Crippen LogP contribution in [-0.4, -0.2) is 11.2 Å². The standard InChI is InChI=1S/C12H9BrN4O/c1-8-16-11(6-14)12(18-8)17-15-7-9-2-4-10(13)5-3-9/h2-5,7,17H,1H3/b15-7+. The van der Waals surface area contributed by atoms with Gasteiger partial charge >= 0.3 is 0 Å². The number of aromatic nitrogens is 1. The molecule has 0 amide bonds. The van der Waals surface area contributed by atoms with Crippen LogP contribution in [0.2, 0.25) is 0 Å². The van der Waals surface area contributed by atoms with Crippen LogP contribution in [-0.2, 0) is 0 Å². The summed E-state index contributed by atoms with van der Waals surface area (Å²) in [5.41, 5.74) is 3.78. The summed E-state index contributed by atoms with van der Waals surface area (Å²) in [6.45, 7) is 1.67. The van der Waals surface area contributed by atoms with Gasteiger partial charge in [0.05, 0.1) is 6.21 Å². The Kier molecular flexibility index (Phi) is 3.75. The second-order valence-electron chi connectivity index (χ2n) is 3.44. The van der Waals surface area contributed by atoms with Gasteiger partial charge in [-0.1, -0.05) is 28.1 Å². The average Bonchev–Trinajstić information content (AvgIpc) is 2.72. The molecule has 0 spiro atoms. The minimum absolute atomic E-state index is 0.195. The largest absolute Gasteiger partial charge is 0.422 e. The minimum atomic E-state index is 0.195. The Bertz CT molecular complexity index is 610. The second-order valence-corrected chi connectivity index (χ2v) is 4.36. The predicted octanol–water partition coefficient (Wildman–Crippen LogP) is 3.06. The Balaban J connectivity index is 2.07. The van der Waals surface area contributed by atoms with Crippen molar-refractivity contribution in [1.82, 2.24) is 4.98 Å². The molecule has 1 aromatic carbocycles. The number of nitrogens with one attached hydrogen (secondary N) is 1.